The normalized spacial score (nSPS) is 12.8. The van der Waals surface area contributed by atoms with Gasteiger partial charge in [0.25, 0.3) is 0 Å². The maximum atomic E-state index is 9.16. The molecule has 0 saturated carbocycles. The van der Waals surface area contributed by atoms with Crippen LogP contribution in [0.5, 0.6) is 0 Å². The van der Waals surface area contributed by atoms with Crippen LogP contribution in [0.1, 0.15) is 43.4 Å². The summed E-state index contributed by atoms with van der Waals surface area (Å²) in [5.74, 6) is 0. The summed E-state index contributed by atoms with van der Waals surface area (Å²) >= 11 is 0. The number of aryl methyl sites for hydroxylation is 1. The predicted octanol–water partition coefficient (Wildman–Crippen LogP) is 2.74. The van der Waals surface area contributed by atoms with E-state index >= 15 is 0 Å². The Balaban J connectivity index is 2.57. The molecule has 0 heterocycles. The van der Waals surface area contributed by atoms with Gasteiger partial charge in [-0.2, -0.15) is 0 Å². The number of aliphatic hydroxyl groups excluding tert-OH is 1. The lowest BCUT2D eigenvalue weighted by molar-refractivity contribution is 0.188. The summed E-state index contributed by atoms with van der Waals surface area (Å²) in [5, 5.41) is 12.6. The summed E-state index contributed by atoms with van der Waals surface area (Å²) in [5.41, 5.74) is 2.73. The molecule has 3 heteroatoms. The Morgan fingerprint density at radius 2 is 1.95 bits per heavy atom. The van der Waals surface area contributed by atoms with Gasteiger partial charge in [-0.1, -0.05) is 37.6 Å². The monoisotopic (exact) mass is 278 g/mol. The molecule has 0 amide bonds. The fourth-order valence-electron chi connectivity index (χ4n) is 2.60. The molecule has 1 rings (SSSR count). The minimum atomic E-state index is 0.248. The van der Waals surface area contributed by atoms with Crippen molar-refractivity contribution in [3.63, 3.8) is 0 Å². The molecule has 0 fully saturated rings. The number of unbranched alkanes of at least 4 members (excludes halogenated alkanes) is 1. The van der Waals surface area contributed by atoms with Crippen molar-refractivity contribution in [3.8, 4) is 0 Å². The number of hydrogen-bond donors (Lipinski definition) is 2. The Labute approximate surface area is 124 Å². The summed E-state index contributed by atoms with van der Waals surface area (Å²) in [4.78, 5) is 2.37. The molecule has 1 aromatic carbocycles. The van der Waals surface area contributed by atoms with Crippen LogP contribution in [0, 0.1) is 6.92 Å². The van der Waals surface area contributed by atoms with E-state index in [-0.39, 0.29) is 6.61 Å². The zero-order valence-electron chi connectivity index (χ0n) is 13.2. The lowest BCUT2D eigenvalue weighted by Crippen LogP contribution is -2.31. The van der Waals surface area contributed by atoms with E-state index in [0.717, 1.165) is 26.1 Å². The molecule has 0 aromatic heterocycles. The molecule has 1 atom stereocenters. The third-order valence-corrected chi connectivity index (χ3v) is 3.89. The SMILES string of the molecule is CCCCN(CCO)CCC(NC)c1ccccc1C. The first-order chi connectivity index (χ1) is 9.72. The van der Waals surface area contributed by atoms with Crippen LogP contribution in [-0.2, 0) is 0 Å². The third kappa shape index (κ3) is 5.61. The van der Waals surface area contributed by atoms with Gasteiger partial charge >= 0.3 is 0 Å². The highest BCUT2D eigenvalue weighted by molar-refractivity contribution is 5.28. The number of nitrogens with zero attached hydrogens (tertiary/aromatic N) is 1. The van der Waals surface area contributed by atoms with E-state index in [1.54, 1.807) is 0 Å². The van der Waals surface area contributed by atoms with Crippen LogP contribution in [-0.4, -0.2) is 43.3 Å². The third-order valence-electron chi connectivity index (χ3n) is 3.89. The molecular weight excluding hydrogens is 248 g/mol. The van der Waals surface area contributed by atoms with Gasteiger partial charge in [0.15, 0.2) is 0 Å². The van der Waals surface area contributed by atoms with Crippen molar-refractivity contribution in [2.45, 2.75) is 39.2 Å². The van der Waals surface area contributed by atoms with Crippen LogP contribution >= 0.6 is 0 Å². The van der Waals surface area contributed by atoms with Crippen LogP contribution in [0.15, 0.2) is 24.3 Å². The molecule has 3 nitrogen and oxygen atoms in total. The van der Waals surface area contributed by atoms with Crippen LogP contribution in [0.2, 0.25) is 0 Å². The molecule has 0 spiro atoms. The smallest absolute Gasteiger partial charge is 0.0558 e. The van der Waals surface area contributed by atoms with Crippen molar-refractivity contribution in [2.24, 2.45) is 0 Å². The van der Waals surface area contributed by atoms with Crippen molar-refractivity contribution in [2.75, 3.05) is 33.3 Å². The van der Waals surface area contributed by atoms with Crippen LogP contribution in [0.25, 0.3) is 0 Å². The highest BCUT2D eigenvalue weighted by Crippen LogP contribution is 2.20. The molecular formula is C17H30N2O. The van der Waals surface area contributed by atoms with Gasteiger partial charge in [0.2, 0.25) is 0 Å². The molecule has 0 aliphatic heterocycles. The van der Waals surface area contributed by atoms with Crippen molar-refractivity contribution >= 4 is 0 Å². The number of nitrogens with one attached hydrogen (secondary N) is 1. The highest BCUT2D eigenvalue weighted by Gasteiger charge is 2.13. The van der Waals surface area contributed by atoms with Crippen LogP contribution in [0.4, 0.5) is 0 Å². The molecule has 0 aliphatic carbocycles. The van der Waals surface area contributed by atoms with Gasteiger partial charge in [0.05, 0.1) is 6.61 Å². The number of rotatable bonds is 10. The first-order valence-corrected chi connectivity index (χ1v) is 7.78. The second-order valence-corrected chi connectivity index (χ2v) is 5.41. The minimum Gasteiger partial charge on any atom is -0.395 e. The van der Waals surface area contributed by atoms with Crippen molar-refractivity contribution < 1.29 is 5.11 Å². The Morgan fingerprint density at radius 3 is 2.55 bits per heavy atom. The van der Waals surface area contributed by atoms with Gasteiger partial charge in [-0.15, -0.1) is 0 Å². The van der Waals surface area contributed by atoms with E-state index in [9.17, 15) is 0 Å². The Hall–Kier alpha value is -0.900. The van der Waals surface area contributed by atoms with E-state index in [1.807, 2.05) is 7.05 Å². The maximum absolute atomic E-state index is 9.16. The van der Waals surface area contributed by atoms with Gasteiger partial charge in [-0.3, -0.25) is 0 Å². The number of hydrogen-bond acceptors (Lipinski definition) is 3. The number of benzene rings is 1. The summed E-state index contributed by atoms with van der Waals surface area (Å²) in [6.07, 6.45) is 3.48. The quantitative estimate of drug-likeness (QED) is 0.691. The second kappa shape index (κ2) is 9.92. The Bertz CT molecular complexity index is 368. The van der Waals surface area contributed by atoms with E-state index < -0.39 is 0 Å². The van der Waals surface area contributed by atoms with Crippen molar-refractivity contribution in [1.29, 1.82) is 0 Å². The van der Waals surface area contributed by atoms with Gasteiger partial charge in [0.1, 0.15) is 0 Å². The Morgan fingerprint density at radius 1 is 1.20 bits per heavy atom. The topological polar surface area (TPSA) is 35.5 Å². The predicted molar refractivity (Wildman–Crippen MR) is 86.0 cm³/mol. The first kappa shape index (κ1) is 17.2. The summed E-state index contributed by atoms with van der Waals surface area (Å²) < 4.78 is 0. The lowest BCUT2D eigenvalue weighted by atomic mass is 9.98. The fraction of sp³-hybridized carbons (Fsp3) is 0.647. The largest absolute Gasteiger partial charge is 0.395 e. The van der Waals surface area contributed by atoms with E-state index in [1.165, 1.54) is 24.0 Å². The second-order valence-electron chi connectivity index (χ2n) is 5.41. The Kier molecular flexibility index (Phi) is 8.51. The summed E-state index contributed by atoms with van der Waals surface area (Å²) in [7, 11) is 2.03. The molecule has 1 aromatic rings. The lowest BCUT2D eigenvalue weighted by Gasteiger charge is -2.25. The van der Waals surface area contributed by atoms with Gasteiger partial charge in [-0.25, -0.2) is 0 Å². The van der Waals surface area contributed by atoms with Crippen LogP contribution < -0.4 is 5.32 Å². The maximum Gasteiger partial charge on any atom is 0.0558 e. The minimum absolute atomic E-state index is 0.248. The van der Waals surface area contributed by atoms with Crippen molar-refractivity contribution in [3.05, 3.63) is 35.4 Å². The highest BCUT2D eigenvalue weighted by atomic mass is 16.3. The van der Waals surface area contributed by atoms with Gasteiger partial charge in [0, 0.05) is 19.1 Å². The summed E-state index contributed by atoms with van der Waals surface area (Å²) in [6.45, 7) is 7.52. The molecule has 2 N–H and O–H groups in total. The summed E-state index contributed by atoms with van der Waals surface area (Å²) in [6, 6.07) is 8.96. The van der Waals surface area contributed by atoms with E-state index in [2.05, 4.69) is 48.3 Å². The van der Waals surface area contributed by atoms with Gasteiger partial charge < -0.3 is 15.3 Å². The zero-order valence-corrected chi connectivity index (χ0v) is 13.2. The molecule has 0 saturated heterocycles. The number of aliphatic hydroxyl groups is 1. The molecule has 114 valence electrons. The molecule has 0 aliphatic rings. The molecule has 0 radical (unpaired) electrons. The molecule has 1 unspecified atom stereocenters. The van der Waals surface area contributed by atoms with E-state index in [0.29, 0.717) is 6.04 Å². The average Bonchev–Trinajstić information content (AvgIpc) is 2.46. The fourth-order valence-corrected chi connectivity index (χ4v) is 2.60. The van der Waals surface area contributed by atoms with E-state index in [4.69, 9.17) is 5.11 Å². The standard InChI is InChI=1S/C17H30N2O/c1-4-5-11-19(13-14-20)12-10-17(18-3)16-9-7-6-8-15(16)2/h6-9,17-18,20H,4-5,10-14H2,1-3H3. The molecule has 20 heavy (non-hydrogen) atoms. The zero-order chi connectivity index (χ0) is 14.8. The van der Waals surface area contributed by atoms with Crippen molar-refractivity contribution in [1.82, 2.24) is 10.2 Å². The average molecular weight is 278 g/mol. The first-order valence-electron chi connectivity index (χ1n) is 7.78. The van der Waals surface area contributed by atoms with Crippen LogP contribution in [0.3, 0.4) is 0 Å². The molecule has 0 bridgehead atoms. The van der Waals surface area contributed by atoms with Gasteiger partial charge in [-0.05, 0) is 44.5 Å².